The largest absolute Gasteiger partial charge is 0.459 e. The second-order valence-electron chi connectivity index (χ2n) is 6.48. The quantitative estimate of drug-likeness (QED) is 0.299. The Morgan fingerprint density at radius 3 is 2.77 bits per heavy atom. The van der Waals surface area contributed by atoms with Crippen molar-refractivity contribution >= 4 is 57.1 Å². The lowest BCUT2D eigenvalue weighted by atomic mass is 10.3. The van der Waals surface area contributed by atoms with Gasteiger partial charge in [-0.1, -0.05) is 19.1 Å². The molecule has 1 atom stereocenters. The Kier molecular flexibility index (Phi) is 6.86. The molecule has 0 aliphatic heterocycles. The third-order valence-corrected chi connectivity index (χ3v) is 7.29. The molecule has 3 heterocycles. The molecule has 0 radical (unpaired) electrons. The molecule has 0 spiro atoms. The molecule has 0 saturated carbocycles. The molecule has 2 amide bonds. The number of hydrogen-bond donors (Lipinski definition) is 2. The number of rotatable bonds is 8. The minimum atomic E-state index is -0.317. The molecular weight excluding hydrogens is 450 g/mol. The lowest BCUT2D eigenvalue weighted by molar-refractivity contribution is -0.115. The van der Waals surface area contributed by atoms with Gasteiger partial charge in [0.2, 0.25) is 5.91 Å². The van der Waals surface area contributed by atoms with E-state index in [0.717, 1.165) is 15.5 Å². The number of anilines is 2. The van der Waals surface area contributed by atoms with E-state index in [1.807, 2.05) is 48.0 Å². The van der Waals surface area contributed by atoms with Gasteiger partial charge in [-0.15, -0.1) is 34.4 Å². The minimum Gasteiger partial charge on any atom is -0.459 e. The van der Waals surface area contributed by atoms with Gasteiger partial charge >= 0.3 is 0 Å². The van der Waals surface area contributed by atoms with Gasteiger partial charge in [0.05, 0.1) is 22.1 Å². The van der Waals surface area contributed by atoms with Crippen LogP contribution < -0.4 is 10.6 Å². The van der Waals surface area contributed by atoms with E-state index in [4.69, 9.17) is 4.42 Å². The molecule has 158 valence electrons. The summed E-state index contributed by atoms with van der Waals surface area (Å²) in [5.41, 5.74) is 1.51. The first-order valence-electron chi connectivity index (χ1n) is 9.54. The predicted molar refractivity (Wildman–Crippen MR) is 127 cm³/mol. The molecule has 0 fully saturated rings. The van der Waals surface area contributed by atoms with Crippen molar-refractivity contribution in [2.45, 2.75) is 23.5 Å². The Bertz CT molecular complexity index is 1150. The zero-order chi connectivity index (χ0) is 21.6. The van der Waals surface area contributed by atoms with Gasteiger partial charge in [0.15, 0.2) is 10.9 Å². The SMILES string of the molecule is CCC(Sc1cccc(NC(=O)c2ccco2)c1)C(=O)Nc1nc(-c2cccs2)cs1. The molecule has 0 aliphatic rings. The highest BCUT2D eigenvalue weighted by Gasteiger charge is 2.20. The maximum absolute atomic E-state index is 12.8. The van der Waals surface area contributed by atoms with E-state index >= 15 is 0 Å². The van der Waals surface area contributed by atoms with Crippen molar-refractivity contribution < 1.29 is 14.0 Å². The maximum atomic E-state index is 12.8. The molecule has 0 aliphatic carbocycles. The lowest BCUT2D eigenvalue weighted by Gasteiger charge is -2.14. The summed E-state index contributed by atoms with van der Waals surface area (Å²) in [6.45, 7) is 1.97. The number of nitrogens with zero attached hydrogens (tertiary/aromatic N) is 1. The summed E-state index contributed by atoms with van der Waals surface area (Å²) < 4.78 is 5.12. The van der Waals surface area contributed by atoms with Crippen LogP contribution in [0.3, 0.4) is 0 Å². The van der Waals surface area contributed by atoms with Gasteiger partial charge in [-0.2, -0.15) is 0 Å². The van der Waals surface area contributed by atoms with Gasteiger partial charge in [-0.05, 0) is 48.2 Å². The normalized spacial score (nSPS) is 11.8. The number of carbonyl (C=O) groups is 2. The highest BCUT2D eigenvalue weighted by atomic mass is 32.2. The summed E-state index contributed by atoms with van der Waals surface area (Å²) in [4.78, 5) is 31.5. The van der Waals surface area contributed by atoms with Crippen LogP contribution in [-0.4, -0.2) is 22.0 Å². The van der Waals surface area contributed by atoms with Crippen molar-refractivity contribution in [3.63, 3.8) is 0 Å². The molecule has 4 rings (SSSR count). The fraction of sp³-hybridized carbons (Fsp3) is 0.136. The average molecular weight is 470 g/mol. The number of thioether (sulfide) groups is 1. The fourth-order valence-corrected chi connectivity index (χ4v) is 5.28. The van der Waals surface area contributed by atoms with Crippen LogP contribution >= 0.6 is 34.4 Å². The van der Waals surface area contributed by atoms with Crippen molar-refractivity contribution in [3.8, 4) is 10.6 Å². The van der Waals surface area contributed by atoms with Crippen LogP contribution in [0.1, 0.15) is 23.9 Å². The summed E-state index contributed by atoms with van der Waals surface area (Å²) in [5, 5.41) is 9.99. The van der Waals surface area contributed by atoms with Crippen molar-refractivity contribution in [3.05, 3.63) is 71.3 Å². The minimum absolute atomic E-state index is 0.0930. The highest BCUT2D eigenvalue weighted by molar-refractivity contribution is 8.00. The van der Waals surface area contributed by atoms with Crippen molar-refractivity contribution in [1.82, 2.24) is 4.98 Å². The van der Waals surface area contributed by atoms with Crippen LogP contribution in [-0.2, 0) is 4.79 Å². The van der Waals surface area contributed by atoms with Crippen molar-refractivity contribution in [1.29, 1.82) is 0 Å². The number of hydrogen-bond acceptors (Lipinski definition) is 7. The maximum Gasteiger partial charge on any atom is 0.291 e. The molecule has 2 N–H and O–H groups in total. The molecule has 1 aromatic carbocycles. The summed E-state index contributed by atoms with van der Waals surface area (Å²) in [6, 6.07) is 14.7. The van der Waals surface area contributed by atoms with E-state index in [2.05, 4.69) is 15.6 Å². The molecule has 6 nitrogen and oxygen atoms in total. The second-order valence-corrected chi connectivity index (χ2v) is 9.56. The van der Waals surface area contributed by atoms with E-state index < -0.39 is 0 Å². The number of carbonyl (C=O) groups excluding carboxylic acids is 2. The van der Waals surface area contributed by atoms with Crippen LogP contribution in [0.4, 0.5) is 10.8 Å². The Morgan fingerprint density at radius 1 is 1.13 bits per heavy atom. The zero-order valence-corrected chi connectivity index (χ0v) is 19.0. The Morgan fingerprint density at radius 2 is 2.03 bits per heavy atom. The van der Waals surface area contributed by atoms with Crippen LogP contribution in [0.25, 0.3) is 10.6 Å². The Balaban J connectivity index is 1.39. The molecule has 1 unspecified atom stereocenters. The Hall–Kier alpha value is -2.88. The summed E-state index contributed by atoms with van der Waals surface area (Å²) in [5.74, 6) is -0.166. The van der Waals surface area contributed by atoms with Gasteiger partial charge in [0.1, 0.15) is 0 Å². The number of benzene rings is 1. The number of amides is 2. The van der Waals surface area contributed by atoms with E-state index in [9.17, 15) is 9.59 Å². The average Bonchev–Trinajstić information content (AvgIpc) is 3.54. The van der Waals surface area contributed by atoms with E-state index in [-0.39, 0.29) is 22.8 Å². The van der Waals surface area contributed by atoms with Gasteiger partial charge in [0.25, 0.3) is 5.91 Å². The van der Waals surface area contributed by atoms with E-state index in [1.165, 1.54) is 29.4 Å². The standard InChI is InChI=1S/C22H19N3O3S3/c1-2-18(21(27)25-22-24-16(13-30-22)19-9-5-11-29-19)31-15-7-3-6-14(12-15)23-20(26)17-8-4-10-28-17/h3-13,18H,2H2,1H3,(H,23,26)(H,24,25,27). The highest BCUT2D eigenvalue weighted by Crippen LogP contribution is 2.31. The van der Waals surface area contributed by atoms with Crippen LogP contribution in [0.2, 0.25) is 0 Å². The first-order valence-corrected chi connectivity index (χ1v) is 12.2. The molecule has 3 aromatic heterocycles. The molecule has 9 heteroatoms. The molecule has 31 heavy (non-hydrogen) atoms. The number of thiazole rings is 1. The molecule has 0 saturated heterocycles. The third-order valence-electron chi connectivity index (χ3n) is 4.29. The van der Waals surface area contributed by atoms with Gasteiger partial charge in [-0.3, -0.25) is 9.59 Å². The number of nitrogens with one attached hydrogen (secondary N) is 2. The molecule has 4 aromatic rings. The van der Waals surface area contributed by atoms with E-state index in [0.29, 0.717) is 17.2 Å². The van der Waals surface area contributed by atoms with E-state index in [1.54, 1.807) is 29.5 Å². The topological polar surface area (TPSA) is 84.2 Å². The Labute approximate surface area is 191 Å². The smallest absolute Gasteiger partial charge is 0.291 e. The first kappa shape index (κ1) is 21.4. The summed E-state index contributed by atoms with van der Waals surface area (Å²) in [6.07, 6.45) is 2.11. The lowest BCUT2D eigenvalue weighted by Crippen LogP contribution is -2.24. The number of furan rings is 1. The van der Waals surface area contributed by atoms with Gasteiger partial charge in [0, 0.05) is 16.0 Å². The molecule has 0 bridgehead atoms. The van der Waals surface area contributed by atoms with Gasteiger partial charge in [-0.25, -0.2) is 4.98 Å². The van der Waals surface area contributed by atoms with Crippen LogP contribution in [0, 0.1) is 0 Å². The second kappa shape index (κ2) is 9.95. The molecular formula is C22H19N3O3S3. The summed E-state index contributed by atoms with van der Waals surface area (Å²) in [7, 11) is 0. The first-order chi connectivity index (χ1) is 15.1. The number of thiophene rings is 1. The number of aromatic nitrogens is 1. The predicted octanol–water partition coefficient (Wildman–Crippen LogP) is 6.23. The van der Waals surface area contributed by atoms with Crippen LogP contribution in [0.15, 0.2) is 74.9 Å². The third kappa shape index (κ3) is 5.43. The fourth-order valence-electron chi connectivity index (χ4n) is 2.79. The zero-order valence-electron chi connectivity index (χ0n) is 16.5. The van der Waals surface area contributed by atoms with Gasteiger partial charge < -0.3 is 15.1 Å². The monoisotopic (exact) mass is 469 g/mol. The van der Waals surface area contributed by atoms with Crippen LogP contribution in [0.5, 0.6) is 0 Å². The van der Waals surface area contributed by atoms with Crippen molar-refractivity contribution in [2.75, 3.05) is 10.6 Å². The van der Waals surface area contributed by atoms with Crippen molar-refractivity contribution in [2.24, 2.45) is 0 Å². The summed E-state index contributed by atoms with van der Waals surface area (Å²) >= 11 is 4.48.